The molecule has 3 rings (SSSR count). The van der Waals surface area contributed by atoms with Crippen molar-refractivity contribution in [3.05, 3.63) is 57.5 Å². The lowest BCUT2D eigenvalue weighted by atomic mass is 10.1. The van der Waals surface area contributed by atoms with Gasteiger partial charge in [-0.1, -0.05) is 29.8 Å². The van der Waals surface area contributed by atoms with E-state index in [0.717, 1.165) is 15.7 Å². The molecule has 0 bridgehead atoms. The van der Waals surface area contributed by atoms with Gasteiger partial charge < -0.3 is 5.32 Å². The quantitative estimate of drug-likeness (QED) is 0.865. The van der Waals surface area contributed by atoms with Crippen LogP contribution in [0.15, 0.2) is 51.8 Å². The molecule has 1 aliphatic rings. The fourth-order valence-corrected chi connectivity index (χ4v) is 4.52. The Morgan fingerprint density at radius 3 is 2.70 bits per heavy atom. The van der Waals surface area contributed by atoms with Gasteiger partial charge in [0.2, 0.25) is 0 Å². The van der Waals surface area contributed by atoms with Crippen molar-refractivity contribution in [1.82, 2.24) is 0 Å². The molecule has 2 aromatic carbocycles. The fraction of sp³-hybridized carbons (Fsp3) is 0.143. The molecule has 0 aliphatic carbocycles. The van der Waals surface area contributed by atoms with Crippen molar-refractivity contribution < 1.29 is 8.42 Å². The number of fused-ring (bicyclic) bond motifs is 1. The van der Waals surface area contributed by atoms with Crippen molar-refractivity contribution >= 4 is 43.1 Å². The predicted molar refractivity (Wildman–Crippen MR) is 84.0 cm³/mol. The minimum Gasteiger partial charge on any atom is -0.377 e. The zero-order chi connectivity index (χ0) is 14.3. The van der Waals surface area contributed by atoms with E-state index in [-0.39, 0.29) is 11.8 Å². The minimum absolute atomic E-state index is 0.0695. The molecule has 0 aromatic heterocycles. The zero-order valence-corrected chi connectivity index (χ0v) is 13.5. The van der Waals surface area contributed by atoms with Crippen molar-refractivity contribution in [3.63, 3.8) is 0 Å². The topological polar surface area (TPSA) is 46.2 Å². The molecule has 0 spiro atoms. The summed E-state index contributed by atoms with van der Waals surface area (Å²) in [6.45, 7) is 0. The number of benzene rings is 2. The smallest absolute Gasteiger partial charge is 0.181 e. The third kappa shape index (κ3) is 2.45. The second kappa shape index (κ2) is 5.06. The van der Waals surface area contributed by atoms with Crippen molar-refractivity contribution in [1.29, 1.82) is 0 Å². The van der Waals surface area contributed by atoms with Crippen molar-refractivity contribution in [3.8, 4) is 0 Å². The normalized spacial score (nSPS) is 19.6. The number of hydrogen-bond acceptors (Lipinski definition) is 3. The van der Waals surface area contributed by atoms with E-state index >= 15 is 0 Å². The molecule has 0 saturated heterocycles. The molecule has 0 saturated carbocycles. The van der Waals surface area contributed by atoms with Gasteiger partial charge in [0, 0.05) is 10.2 Å². The molecular formula is C14H11BrClNO2S. The van der Waals surface area contributed by atoms with Crippen LogP contribution in [0, 0.1) is 0 Å². The third-order valence-electron chi connectivity index (χ3n) is 3.28. The first kappa shape index (κ1) is 13.9. The summed E-state index contributed by atoms with van der Waals surface area (Å²) < 4.78 is 25.0. The summed E-state index contributed by atoms with van der Waals surface area (Å²) in [5.74, 6) is 0.0695. The van der Waals surface area contributed by atoms with E-state index in [1.807, 2.05) is 24.3 Å². The molecular weight excluding hydrogens is 362 g/mol. The number of halogens is 2. The Morgan fingerprint density at radius 2 is 1.95 bits per heavy atom. The third-order valence-corrected chi connectivity index (χ3v) is 6.32. The molecule has 0 fully saturated rings. The Hall–Kier alpha value is -1.04. The molecule has 1 atom stereocenters. The number of nitrogens with one attached hydrogen (secondary N) is 1. The van der Waals surface area contributed by atoms with E-state index in [4.69, 9.17) is 11.6 Å². The van der Waals surface area contributed by atoms with Gasteiger partial charge in [-0.3, -0.25) is 0 Å². The van der Waals surface area contributed by atoms with Gasteiger partial charge in [0.15, 0.2) is 9.84 Å². The Kier molecular flexibility index (Phi) is 3.52. The van der Waals surface area contributed by atoms with Gasteiger partial charge in [-0.15, -0.1) is 0 Å². The average molecular weight is 373 g/mol. The van der Waals surface area contributed by atoms with Crippen LogP contribution in [-0.2, 0) is 9.84 Å². The highest BCUT2D eigenvalue weighted by Crippen LogP contribution is 2.36. The molecule has 104 valence electrons. The first-order valence-corrected chi connectivity index (χ1v) is 8.83. The van der Waals surface area contributed by atoms with Gasteiger partial charge >= 0.3 is 0 Å². The molecule has 1 N–H and O–H groups in total. The summed E-state index contributed by atoms with van der Waals surface area (Å²) in [4.78, 5) is 0.417. The van der Waals surface area contributed by atoms with Gasteiger partial charge in [-0.25, -0.2) is 8.42 Å². The van der Waals surface area contributed by atoms with Crippen LogP contribution in [0.4, 0.5) is 5.69 Å². The highest BCUT2D eigenvalue weighted by molar-refractivity contribution is 9.10. The molecule has 6 heteroatoms. The van der Waals surface area contributed by atoms with E-state index < -0.39 is 9.84 Å². The molecule has 1 unspecified atom stereocenters. The summed E-state index contributed by atoms with van der Waals surface area (Å²) in [5.41, 5.74) is 1.61. The van der Waals surface area contributed by atoms with Crippen LogP contribution in [-0.4, -0.2) is 14.2 Å². The summed E-state index contributed by atoms with van der Waals surface area (Å²) in [7, 11) is -3.20. The van der Waals surface area contributed by atoms with Gasteiger partial charge in [-0.2, -0.15) is 0 Å². The number of anilines is 1. The fourth-order valence-electron chi connectivity index (χ4n) is 2.36. The summed E-state index contributed by atoms with van der Waals surface area (Å²) in [6.07, 6.45) is 0. The monoisotopic (exact) mass is 371 g/mol. The highest BCUT2D eigenvalue weighted by atomic mass is 79.9. The highest BCUT2D eigenvalue weighted by Gasteiger charge is 2.34. The van der Waals surface area contributed by atoms with Crippen molar-refractivity contribution in [2.75, 3.05) is 11.1 Å². The maximum atomic E-state index is 12.1. The van der Waals surface area contributed by atoms with Gasteiger partial charge in [-0.05, 0) is 45.8 Å². The average Bonchev–Trinajstić information content (AvgIpc) is 2.66. The maximum absolute atomic E-state index is 12.1. The van der Waals surface area contributed by atoms with Gasteiger partial charge in [0.1, 0.15) is 0 Å². The van der Waals surface area contributed by atoms with Crippen molar-refractivity contribution in [2.45, 2.75) is 10.9 Å². The predicted octanol–water partition coefficient (Wildman–Crippen LogP) is 4.04. The SMILES string of the molecule is O=S1(=O)CC(Nc2ccc(Br)c(Cl)c2)c2ccccc21. The van der Waals surface area contributed by atoms with Crippen LogP contribution in [0.1, 0.15) is 11.6 Å². The van der Waals surface area contributed by atoms with Crippen LogP contribution in [0.3, 0.4) is 0 Å². The zero-order valence-electron chi connectivity index (χ0n) is 10.3. The van der Waals surface area contributed by atoms with E-state index in [0.29, 0.717) is 9.92 Å². The standard InChI is InChI=1S/C14H11BrClNO2S/c15-11-6-5-9(7-12(11)16)17-13-8-20(18,19)14-4-2-1-3-10(13)14/h1-7,13,17H,8H2. The maximum Gasteiger partial charge on any atom is 0.181 e. The Balaban J connectivity index is 1.95. The number of hydrogen-bond donors (Lipinski definition) is 1. The molecule has 1 aliphatic heterocycles. The molecule has 2 aromatic rings. The molecule has 20 heavy (non-hydrogen) atoms. The van der Waals surface area contributed by atoms with E-state index in [1.54, 1.807) is 18.2 Å². The lowest BCUT2D eigenvalue weighted by molar-refractivity contribution is 0.598. The summed E-state index contributed by atoms with van der Waals surface area (Å²) >= 11 is 9.38. The van der Waals surface area contributed by atoms with Crippen LogP contribution in [0.5, 0.6) is 0 Å². The van der Waals surface area contributed by atoms with Crippen molar-refractivity contribution in [2.24, 2.45) is 0 Å². The number of sulfone groups is 1. The van der Waals surface area contributed by atoms with E-state index in [9.17, 15) is 8.42 Å². The second-order valence-electron chi connectivity index (χ2n) is 4.65. The Morgan fingerprint density at radius 1 is 1.20 bits per heavy atom. The van der Waals surface area contributed by atoms with Gasteiger partial charge in [0.05, 0.1) is 21.7 Å². The van der Waals surface area contributed by atoms with Crippen LogP contribution in [0.25, 0.3) is 0 Å². The van der Waals surface area contributed by atoms with E-state index in [1.165, 1.54) is 0 Å². The molecule has 1 heterocycles. The summed E-state index contributed by atoms with van der Waals surface area (Å²) in [6, 6.07) is 12.3. The molecule has 3 nitrogen and oxygen atoms in total. The van der Waals surface area contributed by atoms with E-state index in [2.05, 4.69) is 21.2 Å². The van der Waals surface area contributed by atoms with Gasteiger partial charge in [0.25, 0.3) is 0 Å². The minimum atomic E-state index is -3.20. The number of rotatable bonds is 2. The molecule has 0 radical (unpaired) electrons. The van der Waals surface area contributed by atoms with Crippen LogP contribution >= 0.6 is 27.5 Å². The molecule has 0 amide bonds. The Labute approximate surface area is 131 Å². The largest absolute Gasteiger partial charge is 0.377 e. The Bertz CT molecular complexity index is 776. The lowest BCUT2D eigenvalue weighted by Crippen LogP contribution is -2.12. The second-order valence-corrected chi connectivity index (χ2v) is 7.91. The first-order chi connectivity index (χ1) is 9.47. The van der Waals surface area contributed by atoms with Crippen LogP contribution < -0.4 is 5.32 Å². The summed E-state index contributed by atoms with van der Waals surface area (Å²) in [5, 5.41) is 3.82. The van der Waals surface area contributed by atoms with Crippen LogP contribution in [0.2, 0.25) is 5.02 Å². The lowest BCUT2D eigenvalue weighted by Gasteiger charge is -2.14. The first-order valence-electron chi connectivity index (χ1n) is 6.01.